The Labute approximate surface area is 209 Å². The number of carbonyl (C=O) groups is 1. The summed E-state index contributed by atoms with van der Waals surface area (Å²) in [5.41, 5.74) is 2.54. The highest BCUT2D eigenvalue weighted by Gasteiger charge is 2.33. The minimum absolute atomic E-state index is 0.0916. The van der Waals surface area contributed by atoms with Crippen molar-refractivity contribution in [1.82, 2.24) is 9.80 Å². The van der Waals surface area contributed by atoms with Gasteiger partial charge in [0.1, 0.15) is 19.3 Å². The van der Waals surface area contributed by atoms with Crippen LogP contribution in [0.3, 0.4) is 0 Å². The molecule has 0 aromatic heterocycles. The first kappa shape index (κ1) is 24.0. The second kappa shape index (κ2) is 11.3. The average molecular weight is 479 g/mol. The number of fused-ring (bicyclic) bond motifs is 1. The maximum absolute atomic E-state index is 12.3. The summed E-state index contributed by atoms with van der Waals surface area (Å²) >= 11 is 0. The third-order valence-electron chi connectivity index (χ3n) is 7.70. The van der Waals surface area contributed by atoms with Crippen molar-refractivity contribution in [3.8, 4) is 11.5 Å². The van der Waals surface area contributed by atoms with E-state index in [9.17, 15) is 4.79 Å². The van der Waals surface area contributed by atoms with Crippen LogP contribution in [0.2, 0.25) is 0 Å². The molecule has 3 aliphatic rings. The summed E-state index contributed by atoms with van der Waals surface area (Å²) in [6, 6.07) is 16.8. The quantitative estimate of drug-likeness (QED) is 0.511. The van der Waals surface area contributed by atoms with Gasteiger partial charge in [0.15, 0.2) is 11.5 Å². The molecule has 0 radical (unpaired) electrons. The number of cyclic esters (lactones) is 1. The van der Waals surface area contributed by atoms with Gasteiger partial charge in [-0.25, -0.2) is 4.79 Å². The second-order valence-electron chi connectivity index (χ2n) is 10.2. The Kier molecular flexibility index (Phi) is 7.77. The SMILES string of the molecule is CCc1ccc2c(c1)O[C@@H](CN1CCC(CCCN3C(=O)OC[C@@H]3Cc3ccccc3)CC1)CO2. The van der Waals surface area contributed by atoms with Crippen LogP contribution in [0.5, 0.6) is 11.5 Å². The van der Waals surface area contributed by atoms with Gasteiger partial charge in [0.05, 0.1) is 6.04 Å². The van der Waals surface area contributed by atoms with Crippen molar-refractivity contribution >= 4 is 6.09 Å². The molecule has 188 valence electrons. The Balaban J connectivity index is 1.02. The molecule has 35 heavy (non-hydrogen) atoms. The van der Waals surface area contributed by atoms with Gasteiger partial charge in [-0.15, -0.1) is 0 Å². The van der Waals surface area contributed by atoms with Crippen molar-refractivity contribution in [2.75, 3.05) is 39.4 Å². The molecule has 0 saturated carbocycles. The van der Waals surface area contributed by atoms with Gasteiger partial charge in [-0.1, -0.05) is 43.3 Å². The molecule has 3 heterocycles. The van der Waals surface area contributed by atoms with Crippen LogP contribution in [-0.4, -0.2) is 67.4 Å². The number of aryl methyl sites for hydroxylation is 1. The van der Waals surface area contributed by atoms with Gasteiger partial charge < -0.3 is 19.1 Å². The number of rotatable bonds is 9. The van der Waals surface area contributed by atoms with E-state index in [0.717, 1.165) is 62.9 Å². The minimum atomic E-state index is -0.150. The van der Waals surface area contributed by atoms with E-state index < -0.39 is 0 Å². The number of likely N-dealkylation sites (tertiary alicyclic amines) is 1. The first-order valence-electron chi connectivity index (χ1n) is 13.3. The Morgan fingerprint density at radius 1 is 0.943 bits per heavy atom. The Hall–Kier alpha value is -2.73. The summed E-state index contributed by atoms with van der Waals surface area (Å²) in [6.45, 7) is 7.21. The summed E-state index contributed by atoms with van der Waals surface area (Å²) in [6.07, 6.45) is 6.44. The van der Waals surface area contributed by atoms with Crippen molar-refractivity contribution in [3.63, 3.8) is 0 Å². The van der Waals surface area contributed by atoms with Gasteiger partial charge in [0.2, 0.25) is 0 Å². The van der Waals surface area contributed by atoms with E-state index in [4.69, 9.17) is 14.2 Å². The Morgan fingerprint density at radius 2 is 1.77 bits per heavy atom. The topological polar surface area (TPSA) is 51.2 Å². The van der Waals surface area contributed by atoms with Crippen LogP contribution in [0, 0.1) is 5.92 Å². The van der Waals surface area contributed by atoms with Crippen LogP contribution in [0.15, 0.2) is 48.5 Å². The zero-order chi connectivity index (χ0) is 24.0. The van der Waals surface area contributed by atoms with Crippen molar-refractivity contribution in [2.24, 2.45) is 5.92 Å². The van der Waals surface area contributed by atoms with Gasteiger partial charge in [-0.05, 0) is 80.8 Å². The van der Waals surface area contributed by atoms with Crippen LogP contribution >= 0.6 is 0 Å². The molecule has 0 spiro atoms. The number of ether oxygens (including phenoxy) is 3. The van der Waals surface area contributed by atoms with E-state index >= 15 is 0 Å². The first-order valence-corrected chi connectivity index (χ1v) is 13.3. The first-order chi connectivity index (χ1) is 17.2. The molecule has 2 atom stereocenters. The smallest absolute Gasteiger partial charge is 0.410 e. The maximum Gasteiger partial charge on any atom is 0.410 e. The molecule has 5 rings (SSSR count). The van der Waals surface area contributed by atoms with Crippen LogP contribution < -0.4 is 9.47 Å². The van der Waals surface area contributed by atoms with Crippen molar-refractivity contribution < 1.29 is 19.0 Å². The number of amides is 1. The van der Waals surface area contributed by atoms with Crippen molar-refractivity contribution in [1.29, 1.82) is 0 Å². The number of piperidine rings is 1. The van der Waals surface area contributed by atoms with Crippen LogP contribution in [0.25, 0.3) is 0 Å². The number of hydrogen-bond donors (Lipinski definition) is 0. The van der Waals surface area contributed by atoms with Crippen LogP contribution in [0.4, 0.5) is 4.79 Å². The van der Waals surface area contributed by atoms with Crippen molar-refractivity contribution in [3.05, 3.63) is 59.7 Å². The van der Waals surface area contributed by atoms with E-state index in [1.54, 1.807) is 0 Å². The molecule has 2 aromatic rings. The molecule has 0 unspecified atom stereocenters. The monoisotopic (exact) mass is 478 g/mol. The lowest BCUT2D eigenvalue weighted by Gasteiger charge is -2.36. The lowest BCUT2D eigenvalue weighted by atomic mass is 9.92. The lowest BCUT2D eigenvalue weighted by molar-refractivity contribution is 0.0469. The Bertz CT molecular complexity index is 974. The van der Waals surface area contributed by atoms with Crippen molar-refractivity contribution in [2.45, 2.75) is 57.6 Å². The fourth-order valence-corrected chi connectivity index (χ4v) is 5.58. The highest BCUT2D eigenvalue weighted by Crippen LogP contribution is 2.33. The molecule has 3 aliphatic heterocycles. The molecule has 0 aliphatic carbocycles. The summed E-state index contributed by atoms with van der Waals surface area (Å²) in [5.74, 6) is 2.49. The summed E-state index contributed by atoms with van der Waals surface area (Å²) in [4.78, 5) is 16.7. The minimum Gasteiger partial charge on any atom is -0.486 e. The van der Waals surface area contributed by atoms with Gasteiger partial charge in [0, 0.05) is 13.1 Å². The third-order valence-corrected chi connectivity index (χ3v) is 7.70. The molecule has 6 nitrogen and oxygen atoms in total. The highest BCUT2D eigenvalue weighted by atomic mass is 16.6. The van der Waals surface area contributed by atoms with Crippen LogP contribution in [-0.2, 0) is 17.6 Å². The second-order valence-corrected chi connectivity index (χ2v) is 10.2. The number of hydrogen-bond acceptors (Lipinski definition) is 5. The maximum atomic E-state index is 12.3. The van der Waals surface area contributed by atoms with Gasteiger partial charge in [0.25, 0.3) is 0 Å². The predicted octanol–water partition coefficient (Wildman–Crippen LogP) is 4.94. The fraction of sp³-hybridized carbons (Fsp3) is 0.552. The van der Waals surface area contributed by atoms with E-state index in [-0.39, 0.29) is 18.2 Å². The molecule has 2 saturated heterocycles. The van der Waals surface area contributed by atoms with E-state index in [2.05, 4.69) is 48.2 Å². The highest BCUT2D eigenvalue weighted by molar-refractivity contribution is 5.70. The summed E-state index contributed by atoms with van der Waals surface area (Å²) < 4.78 is 17.6. The molecule has 6 heteroatoms. The molecule has 0 N–H and O–H groups in total. The van der Waals surface area contributed by atoms with E-state index in [1.807, 2.05) is 17.0 Å². The molecule has 0 bridgehead atoms. The van der Waals surface area contributed by atoms with Gasteiger partial charge in [-0.2, -0.15) is 0 Å². The van der Waals surface area contributed by atoms with E-state index in [0.29, 0.717) is 13.2 Å². The molecular formula is C29H38N2O4. The molecule has 1 amide bonds. The molecule has 2 aromatic carbocycles. The Morgan fingerprint density at radius 3 is 2.57 bits per heavy atom. The van der Waals surface area contributed by atoms with Crippen LogP contribution in [0.1, 0.15) is 43.7 Å². The zero-order valence-electron chi connectivity index (χ0n) is 20.9. The zero-order valence-corrected chi connectivity index (χ0v) is 20.9. The third kappa shape index (κ3) is 6.10. The van der Waals surface area contributed by atoms with Gasteiger partial charge >= 0.3 is 6.09 Å². The van der Waals surface area contributed by atoms with Gasteiger partial charge in [-0.3, -0.25) is 4.90 Å². The summed E-state index contributed by atoms with van der Waals surface area (Å²) in [7, 11) is 0. The lowest BCUT2D eigenvalue weighted by Crippen LogP contribution is -2.44. The van der Waals surface area contributed by atoms with E-state index in [1.165, 1.54) is 30.4 Å². The largest absolute Gasteiger partial charge is 0.486 e. The number of benzene rings is 2. The normalized spacial score (nSPS) is 22.9. The summed E-state index contributed by atoms with van der Waals surface area (Å²) in [5, 5.41) is 0. The molecular weight excluding hydrogens is 440 g/mol. The number of nitrogens with zero attached hydrogens (tertiary/aromatic N) is 2. The average Bonchev–Trinajstić information content (AvgIpc) is 3.24. The molecule has 2 fully saturated rings. The fourth-order valence-electron chi connectivity index (χ4n) is 5.58. The predicted molar refractivity (Wildman–Crippen MR) is 136 cm³/mol. The standard InChI is InChI=1S/C29H38N2O4/c1-2-22-10-11-27-28(18-22)35-26(21-33-27)19-30-15-12-23(13-16-30)9-6-14-31-25(20-34-29(31)32)17-24-7-4-3-5-8-24/h3-5,7-8,10-11,18,23,25-26H,2,6,9,12-17,19-21H2,1H3/t25-,26-/m0/s1. The number of carbonyl (C=O) groups excluding carboxylic acids is 1.